The molecule has 1 fully saturated rings. The summed E-state index contributed by atoms with van der Waals surface area (Å²) in [6, 6.07) is 7.49. The van der Waals surface area contributed by atoms with Gasteiger partial charge in [0.1, 0.15) is 5.82 Å². The van der Waals surface area contributed by atoms with Crippen LogP contribution >= 0.6 is 0 Å². The maximum absolute atomic E-state index is 12.4. The minimum Gasteiger partial charge on any atom is -0.337 e. The summed E-state index contributed by atoms with van der Waals surface area (Å²) in [5.41, 5.74) is 7.34. The van der Waals surface area contributed by atoms with Crippen molar-refractivity contribution < 1.29 is 4.79 Å². The molecule has 104 valence electrons. The van der Waals surface area contributed by atoms with Crippen LogP contribution in [0.15, 0.2) is 24.3 Å². The molecule has 0 aliphatic carbocycles. The summed E-state index contributed by atoms with van der Waals surface area (Å²) in [7, 11) is 0. The number of H-pyrrole nitrogens is 1. The summed E-state index contributed by atoms with van der Waals surface area (Å²) in [6.45, 7) is 3.20. The fourth-order valence-corrected chi connectivity index (χ4v) is 2.42. The van der Waals surface area contributed by atoms with Gasteiger partial charge in [0.2, 0.25) is 0 Å². The molecule has 3 rings (SSSR count). The third-order valence-corrected chi connectivity index (χ3v) is 3.48. The Morgan fingerprint density at radius 1 is 1.50 bits per heavy atom. The van der Waals surface area contributed by atoms with Crippen LogP contribution < -0.4 is 5.73 Å². The second-order valence-corrected chi connectivity index (χ2v) is 5.13. The molecule has 2 heterocycles. The maximum Gasteiger partial charge on any atom is 0.253 e. The molecule has 0 unspecified atom stereocenters. The fraction of sp³-hybridized carbons (Fsp3) is 0.357. The van der Waals surface area contributed by atoms with Crippen molar-refractivity contribution in [1.82, 2.24) is 20.1 Å². The molecule has 1 aliphatic heterocycles. The molecule has 0 bridgehead atoms. The van der Waals surface area contributed by atoms with Crippen LogP contribution in [-0.2, 0) is 0 Å². The van der Waals surface area contributed by atoms with E-state index in [1.54, 1.807) is 4.90 Å². The van der Waals surface area contributed by atoms with Crippen LogP contribution in [0.2, 0.25) is 0 Å². The van der Waals surface area contributed by atoms with Crippen LogP contribution in [-0.4, -0.2) is 45.1 Å². The largest absolute Gasteiger partial charge is 0.337 e. The van der Waals surface area contributed by atoms with Gasteiger partial charge in [0.15, 0.2) is 5.82 Å². The second kappa shape index (κ2) is 5.05. The van der Waals surface area contributed by atoms with Gasteiger partial charge in [-0.2, -0.15) is 5.10 Å². The van der Waals surface area contributed by atoms with Crippen LogP contribution in [0.3, 0.4) is 0 Å². The summed E-state index contributed by atoms with van der Waals surface area (Å²) >= 11 is 0. The SMILES string of the molecule is Cc1nc(-c2cccc(C(=O)N3CC[C@@H](N)C3)c2)n[nH]1. The monoisotopic (exact) mass is 271 g/mol. The standard InChI is InChI=1S/C14H17N5O/c1-9-16-13(18-17-9)10-3-2-4-11(7-10)14(20)19-6-5-12(15)8-19/h2-4,7,12H,5-6,8,15H2,1H3,(H,16,17,18)/t12-/m1/s1. The van der Waals surface area contributed by atoms with Gasteiger partial charge in [-0.15, -0.1) is 0 Å². The second-order valence-electron chi connectivity index (χ2n) is 5.13. The van der Waals surface area contributed by atoms with E-state index in [0.29, 0.717) is 17.9 Å². The highest BCUT2D eigenvalue weighted by atomic mass is 16.2. The number of hydrogen-bond donors (Lipinski definition) is 2. The molecular weight excluding hydrogens is 254 g/mol. The van der Waals surface area contributed by atoms with Gasteiger partial charge in [-0.25, -0.2) is 4.98 Å². The number of amides is 1. The Bertz CT molecular complexity index is 636. The lowest BCUT2D eigenvalue weighted by Gasteiger charge is -2.15. The van der Waals surface area contributed by atoms with Crippen LogP contribution in [0.5, 0.6) is 0 Å². The van der Waals surface area contributed by atoms with Crippen LogP contribution in [0.1, 0.15) is 22.6 Å². The van der Waals surface area contributed by atoms with E-state index in [9.17, 15) is 4.79 Å². The zero-order chi connectivity index (χ0) is 14.1. The Labute approximate surface area is 117 Å². The molecule has 1 aromatic heterocycles. The highest BCUT2D eigenvalue weighted by Crippen LogP contribution is 2.19. The number of benzene rings is 1. The number of aryl methyl sites for hydroxylation is 1. The normalized spacial score (nSPS) is 18.5. The Balaban J connectivity index is 1.86. The van der Waals surface area contributed by atoms with Crippen LogP contribution in [0.25, 0.3) is 11.4 Å². The number of rotatable bonds is 2. The Morgan fingerprint density at radius 2 is 2.35 bits per heavy atom. The van der Waals surface area contributed by atoms with Crippen LogP contribution in [0.4, 0.5) is 0 Å². The number of nitrogens with zero attached hydrogens (tertiary/aromatic N) is 3. The van der Waals surface area contributed by atoms with E-state index in [4.69, 9.17) is 5.73 Å². The van der Waals surface area contributed by atoms with Gasteiger partial charge in [0, 0.05) is 30.3 Å². The molecule has 2 aromatic rings. The highest BCUT2D eigenvalue weighted by molar-refractivity contribution is 5.95. The molecule has 1 aromatic carbocycles. The number of hydrogen-bond acceptors (Lipinski definition) is 4. The molecule has 6 heteroatoms. The van der Waals surface area contributed by atoms with Gasteiger partial charge in [-0.3, -0.25) is 9.89 Å². The van der Waals surface area contributed by atoms with Crippen molar-refractivity contribution in [2.45, 2.75) is 19.4 Å². The predicted octanol–water partition coefficient (Wildman–Crippen LogP) is 0.953. The first-order valence-electron chi connectivity index (χ1n) is 6.68. The number of nitrogens with one attached hydrogen (secondary N) is 1. The number of nitrogens with two attached hydrogens (primary N) is 1. The van der Waals surface area contributed by atoms with Gasteiger partial charge in [-0.1, -0.05) is 12.1 Å². The van der Waals surface area contributed by atoms with Gasteiger partial charge >= 0.3 is 0 Å². The average molecular weight is 271 g/mol. The van der Waals surface area contributed by atoms with Crippen LogP contribution in [0, 0.1) is 6.92 Å². The highest BCUT2D eigenvalue weighted by Gasteiger charge is 2.24. The first kappa shape index (κ1) is 12.8. The van der Waals surface area contributed by atoms with Gasteiger partial charge in [-0.05, 0) is 25.5 Å². The molecule has 1 amide bonds. The van der Waals surface area contributed by atoms with Crippen molar-refractivity contribution in [3.05, 3.63) is 35.7 Å². The number of likely N-dealkylation sites (tertiary alicyclic amines) is 1. The summed E-state index contributed by atoms with van der Waals surface area (Å²) in [5.74, 6) is 1.38. The molecule has 1 atom stereocenters. The first-order chi connectivity index (χ1) is 9.63. The number of aromatic nitrogens is 3. The van der Waals surface area contributed by atoms with Crippen molar-refractivity contribution in [2.24, 2.45) is 5.73 Å². The fourth-order valence-electron chi connectivity index (χ4n) is 2.42. The number of carbonyl (C=O) groups excluding carboxylic acids is 1. The van der Waals surface area contributed by atoms with E-state index in [1.165, 1.54) is 0 Å². The van der Waals surface area contributed by atoms with Crippen molar-refractivity contribution in [1.29, 1.82) is 0 Å². The molecule has 0 saturated carbocycles. The topological polar surface area (TPSA) is 87.9 Å². The van der Waals surface area contributed by atoms with Gasteiger partial charge in [0.25, 0.3) is 5.91 Å². The van der Waals surface area contributed by atoms with E-state index in [2.05, 4.69) is 15.2 Å². The van der Waals surface area contributed by atoms with E-state index < -0.39 is 0 Å². The third-order valence-electron chi connectivity index (χ3n) is 3.48. The summed E-state index contributed by atoms with van der Waals surface area (Å²) in [4.78, 5) is 18.5. The smallest absolute Gasteiger partial charge is 0.253 e. The first-order valence-corrected chi connectivity index (χ1v) is 6.68. The molecule has 1 saturated heterocycles. The summed E-state index contributed by atoms with van der Waals surface area (Å²) in [6.07, 6.45) is 0.867. The minimum atomic E-state index is 0.0204. The van der Waals surface area contributed by atoms with E-state index in [-0.39, 0.29) is 11.9 Å². The Hall–Kier alpha value is -2.21. The van der Waals surface area contributed by atoms with E-state index in [0.717, 1.165) is 24.4 Å². The molecule has 1 aliphatic rings. The molecule has 0 spiro atoms. The number of aromatic amines is 1. The Morgan fingerprint density at radius 3 is 3.00 bits per heavy atom. The van der Waals surface area contributed by atoms with Crippen molar-refractivity contribution >= 4 is 5.91 Å². The lowest BCUT2D eigenvalue weighted by Crippen LogP contribution is -2.31. The quantitative estimate of drug-likeness (QED) is 0.851. The molecule has 20 heavy (non-hydrogen) atoms. The molecule has 6 nitrogen and oxygen atoms in total. The average Bonchev–Trinajstić information content (AvgIpc) is 3.07. The van der Waals surface area contributed by atoms with E-state index in [1.807, 2.05) is 31.2 Å². The van der Waals surface area contributed by atoms with Gasteiger partial charge < -0.3 is 10.6 Å². The van der Waals surface area contributed by atoms with Crippen molar-refractivity contribution in [3.8, 4) is 11.4 Å². The van der Waals surface area contributed by atoms with Crippen molar-refractivity contribution in [2.75, 3.05) is 13.1 Å². The lowest BCUT2D eigenvalue weighted by molar-refractivity contribution is 0.0791. The third kappa shape index (κ3) is 2.42. The molecular formula is C14H17N5O. The lowest BCUT2D eigenvalue weighted by atomic mass is 10.1. The molecule has 3 N–H and O–H groups in total. The summed E-state index contributed by atoms with van der Waals surface area (Å²) < 4.78 is 0. The predicted molar refractivity (Wildman–Crippen MR) is 75.1 cm³/mol. The summed E-state index contributed by atoms with van der Waals surface area (Å²) in [5, 5.41) is 6.92. The minimum absolute atomic E-state index is 0.0204. The zero-order valence-corrected chi connectivity index (χ0v) is 11.3. The van der Waals surface area contributed by atoms with Gasteiger partial charge in [0.05, 0.1) is 0 Å². The Kier molecular flexibility index (Phi) is 3.23. The van der Waals surface area contributed by atoms with Crippen molar-refractivity contribution in [3.63, 3.8) is 0 Å². The van der Waals surface area contributed by atoms with E-state index >= 15 is 0 Å². The number of carbonyl (C=O) groups is 1. The zero-order valence-electron chi connectivity index (χ0n) is 11.3. The maximum atomic E-state index is 12.4. The molecule has 0 radical (unpaired) electrons.